The highest BCUT2D eigenvalue weighted by molar-refractivity contribution is 7.19. The summed E-state index contributed by atoms with van der Waals surface area (Å²) >= 11 is 1.90. The highest BCUT2D eigenvalue weighted by Crippen LogP contribution is 2.32. The van der Waals surface area contributed by atoms with Crippen LogP contribution in [-0.2, 0) is 13.0 Å². The molecule has 2 aromatic rings. The third kappa shape index (κ3) is 2.74. The summed E-state index contributed by atoms with van der Waals surface area (Å²) in [6.45, 7) is 8.43. The maximum atomic E-state index is 5.74. The molecule has 0 bridgehead atoms. The topological polar surface area (TPSA) is 29.3 Å². The molecular formula is C15H22N2S. The van der Waals surface area contributed by atoms with Crippen molar-refractivity contribution >= 4 is 21.4 Å². The minimum absolute atomic E-state index is 0.734. The van der Waals surface area contributed by atoms with Crippen LogP contribution < -0.4 is 5.73 Å². The van der Waals surface area contributed by atoms with E-state index in [0.717, 1.165) is 32.6 Å². The van der Waals surface area contributed by atoms with Gasteiger partial charge in [0.15, 0.2) is 0 Å². The minimum atomic E-state index is 0.734. The monoisotopic (exact) mass is 262 g/mol. The lowest BCUT2D eigenvalue weighted by atomic mass is 10.1. The van der Waals surface area contributed by atoms with Crippen LogP contribution in [0.25, 0.3) is 10.1 Å². The van der Waals surface area contributed by atoms with Gasteiger partial charge in [0.25, 0.3) is 0 Å². The van der Waals surface area contributed by atoms with Gasteiger partial charge in [0, 0.05) is 16.1 Å². The van der Waals surface area contributed by atoms with Crippen molar-refractivity contribution in [1.29, 1.82) is 0 Å². The summed E-state index contributed by atoms with van der Waals surface area (Å²) in [6, 6.07) is 8.70. The van der Waals surface area contributed by atoms with E-state index in [0.29, 0.717) is 0 Å². The van der Waals surface area contributed by atoms with E-state index in [2.05, 4.69) is 43.0 Å². The van der Waals surface area contributed by atoms with Crippen LogP contribution in [-0.4, -0.2) is 24.5 Å². The number of nitrogens with two attached hydrogens (primary N) is 1. The summed E-state index contributed by atoms with van der Waals surface area (Å²) in [5.41, 5.74) is 7.23. The van der Waals surface area contributed by atoms with Crippen molar-refractivity contribution < 1.29 is 0 Å². The predicted octanol–water partition coefficient (Wildman–Crippen LogP) is 3.24. The van der Waals surface area contributed by atoms with Gasteiger partial charge in [-0.3, -0.25) is 4.90 Å². The van der Waals surface area contributed by atoms with Gasteiger partial charge in [-0.15, -0.1) is 11.3 Å². The molecule has 1 heterocycles. The van der Waals surface area contributed by atoms with E-state index < -0.39 is 0 Å². The van der Waals surface area contributed by atoms with E-state index in [4.69, 9.17) is 5.73 Å². The average molecular weight is 262 g/mol. The maximum Gasteiger partial charge on any atom is 0.0349 e. The number of fused-ring (bicyclic) bond motifs is 1. The lowest BCUT2D eigenvalue weighted by molar-refractivity contribution is 0.296. The van der Waals surface area contributed by atoms with Crippen LogP contribution in [0.4, 0.5) is 0 Å². The molecule has 0 spiro atoms. The Morgan fingerprint density at radius 1 is 1.17 bits per heavy atom. The average Bonchev–Trinajstić information content (AvgIpc) is 2.74. The first-order chi connectivity index (χ1) is 8.80. The molecule has 0 saturated heterocycles. The number of rotatable bonds is 6. The Kier molecular flexibility index (Phi) is 4.75. The second kappa shape index (κ2) is 6.32. The van der Waals surface area contributed by atoms with Crippen molar-refractivity contribution in [3.8, 4) is 0 Å². The van der Waals surface area contributed by atoms with Crippen LogP contribution in [0.1, 0.15) is 24.3 Å². The standard InChI is InChI=1S/C15H22N2S/c1-3-17(4-2)11-13-12-7-5-6-8-14(12)18-15(13)9-10-16/h5-8H,3-4,9-11,16H2,1-2H3. The van der Waals surface area contributed by atoms with Crippen molar-refractivity contribution in [3.63, 3.8) is 0 Å². The zero-order valence-corrected chi connectivity index (χ0v) is 12.1. The summed E-state index contributed by atoms with van der Waals surface area (Å²) in [5, 5.41) is 1.41. The molecule has 2 N–H and O–H groups in total. The van der Waals surface area contributed by atoms with E-state index in [1.54, 1.807) is 0 Å². The molecule has 1 aromatic heterocycles. The van der Waals surface area contributed by atoms with Crippen LogP contribution in [0.3, 0.4) is 0 Å². The van der Waals surface area contributed by atoms with Gasteiger partial charge in [0.05, 0.1) is 0 Å². The smallest absolute Gasteiger partial charge is 0.0349 e. The molecule has 0 saturated carbocycles. The van der Waals surface area contributed by atoms with Crippen molar-refractivity contribution in [3.05, 3.63) is 34.7 Å². The number of hydrogen-bond acceptors (Lipinski definition) is 3. The maximum absolute atomic E-state index is 5.74. The fourth-order valence-corrected chi connectivity index (χ4v) is 3.56. The van der Waals surface area contributed by atoms with E-state index in [-0.39, 0.29) is 0 Å². The van der Waals surface area contributed by atoms with Gasteiger partial charge in [0.1, 0.15) is 0 Å². The molecular weight excluding hydrogens is 240 g/mol. The third-order valence-corrected chi connectivity index (χ3v) is 4.70. The van der Waals surface area contributed by atoms with Crippen molar-refractivity contribution in [1.82, 2.24) is 4.90 Å². The SMILES string of the molecule is CCN(CC)Cc1c(CCN)sc2ccccc12. The Labute approximate surface area is 113 Å². The van der Waals surface area contributed by atoms with Gasteiger partial charge in [-0.05, 0) is 43.1 Å². The first-order valence-corrected chi connectivity index (χ1v) is 7.53. The van der Waals surface area contributed by atoms with Crippen LogP contribution in [0.2, 0.25) is 0 Å². The minimum Gasteiger partial charge on any atom is -0.330 e. The van der Waals surface area contributed by atoms with Gasteiger partial charge < -0.3 is 5.73 Å². The van der Waals surface area contributed by atoms with Gasteiger partial charge in [-0.2, -0.15) is 0 Å². The molecule has 1 aromatic carbocycles. The third-order valence-electron chi connectivity index (χ3n) is 3.43. The Morgan fingerprint density at radius 3 is 2.56 bits per heavy atom. The van der Waals surface area contributed by atoms with E-state index in [1.807, 2.05) is 11.3 Å². The molecule has 0 aliphatic heterocycles. The van der Waals surface area contributed by atoms with Crippen LogP contribution in [0.15, 0.2) is 24.3 Å². The largest absolute Gasteiger partial charge is 0.330 e. The highest BCUT2D eigenvalue weighted by atomic mass is 32.1. The Hall–Kier alpha value is -0.900. The zero-order chi connectivity index (χ0) is 13.0. The molecule has 0 atom stereocenters. The summed E-state index contributed by atoms with van der Waals surface area (Å²) in [4.78, 5) is 3.93. The normalized spacial score (nSPS) is 11.6. The second-order valence-corrected chi connectivity index (χ2v) is 5.64. The predicted molar refractivity (Wildman–Crippen MR) is 81.2 cm³/mol. The summed E-state index contributed by atoms with van der Waals surface area (Å²) in [5.74, 6) is 0. The summed E-state index contributed by atoms with van der Waals surface area (Å²) in [6.07, 6.45) is 0.996. The van der Waals surface area contributed by atoms with Crippen molar-refractivity contribution in [2.45, 2.75) is 26.8 Å². The molecule has 0 aliphatic rings. The fourth-order valence-electron chi connectivity index (χ4n) is 2.33. The molecule has 0 fully saturated rings. The molecule has 98 valence electrons. The van der Waals surface area contributed by atoms with Gasteiger partial charge in [-0.1, -0.05) is 32.0 Å². The lowest BCUT2D eigenvalue weighted by Gasteiger charge is -2.18. The quantitative estimate of drug-likeness (QED) is 0.866. The summed E-state index contributed by atoms with van der Waals surface area (Å²) in [7, 11) is 0. The molecule has 0 radical (unpaired) electrons. The molecule has 0 aliphatic carbocycles. The Morgan fingerprint density at radius 2 is 1.89 bits per heavy atom. The van der Waals surface area contributed by atoms with E-state index >= 15 is 0 Å². The lowest BCUT2D eigenvalue weighted by Crippen LogP contribution is -2.22. The molecule has 2 rings (SSSR count). The number of hydrogen-bond donors (Lipinski definition) is 1. The fraction of sp³-hybridized carbons (Fsp3) is 0.467. The van der Waals surface area contributed by atoms with Crippen LogP contribution in [0.5, 0.6) is 0 Å². The Balaban J connectivity index is 2.41. The molecule has 18 heavy (non-hydrogen) atoms. The van der Waals surface area contributed by atoms with E-state index in [9.17, 15) is 0 Å². The first-order valence-electron chi connectivity index (χ1n) is 6.71. The Bertz CT molecular complexity index is 500. The highest BCUT2D eigenvalue weighted by Gasteiger charge is 2.13. The molecule has 3 heteroatoms. The van der Waals surface area contributed by atoms with Crippen molar-refractivity contribution in [2.75, 3.05) is 19.6 Å². The molecule has 0 amide bonds. The summed E-state index contributed by atoms with van der Waals surface area (Å²) < 4.78 is 1.39. The zero-order valence-electron chi connectivity index (χ0n) is 11.3. The van der Waals surface area contributed by atoms with Gasteiger partial charge >= 0.3 is 0 Å². The van der Waals surface area contributed by atoms with E-state index in [1.165, 1.54) is 20.5 Å². The molecule has 0 unspecified atom stereocenters. The van der Waals surface area contributed by atoms with Gasteiger partial charge in [0.2, 0.25) is 0 Å². The molecule has 2 nitrogen and oxygen atoms in total. The van der Waals surface area contributed by atoms with Crippen LogP contribution in [0, 0.1) is 0 Å². The second-order valence-electron chi connectivity index (χ2n) is 4.50. The first kappa shape index (κ1) is 13.5. The number of thiophene rings is 1. The van der Waals surface area contributed by atoms with Crippen molar-refractivity contribution in [2.24, 2.45) is 5.73 Å². The number of benzene rings is 1. The van der Waals surface area contributed by atoms with Gasteiger partial charge in [-0.25, -0.2) is 0 Å². The van der Waals surface area contributed by atoms with Crippen LogP contribution >= 0.6 is 11.3 Å². The number of nitrogens with zero attached hydrogens (tertiary/aromatic N) is 1.